The van der Waals surface area contributed by atoms with Crippen molar-refractivity contribution >= 4 is 23.3 Å². The summed E-state index contributed by atoms with van der Waals surface area (Å²) in [5, 5.41) is 2.85. The fourth-order valence-corrected chi connectivity index (χ4v) is 2.95. The summed E-state index contributed by atoms with van der Waals surface area (Å²) in [4.78, 5) is 27.3. The molecule has 1 amide bonds. The Bertz CT molecular complexity index is 725. The minimum absolute atomic E-state index is 0.246. The van der Waals surface area contributed by atoms with E-state index in [0.717, 1.165) is 24.3 Å². The van der Waals surface area contributed by atoms with Crippen LogP contribution in [0, 0.1) is 5.92 Å². The number of ether oxygens (including phenoxy) is 1. The van der Waals surface area contributed by atoms with Crippen molar-refractivity contribution in [1.82, 2.24) is 0 Å². The van der Waals surface area contributed by atoms with E-state index in [9.17, 15) is 9.59 Å². The molecule has 0 fully saturated rings. The molecular weight excluding hydrogens is 340 g/mol. The molecule has 0 aliphatic rings. The fourth-order valence-electron chi connectivity index (χ4n) is 2.95. The van der Waals surface area contributed by atoms with Crippen molar-refractivity contribution < 1.29 is 14.3 Å². The van der Waals surface area contributed by atoms with Crippen LogP contribution >= 0.6 is 0 Å². The lowest BCUT2D eigenvalue weighted by Crippen LogP contribution is -2.33. The Morgan fingerprint density at radius 3 is 2.15 bits per heavy atom. The highest BCUT2D eigenvalue weighted by Crippen LogP contribution is 2.19. The molecule has 0 aromatic heterocycles. The van der Waals surface area contributed by atoms with Gasteiger partial charge in [-0.15, -0.1) is 0 Å². The quantitative estimate of drug-likeness (QED) is 0.539. The molecule has 0 unspecified atom stereocenters. The molecule has 0 spiro atoms. The van der Waals surface area contributed by atoms with Crippen molar-refractivity contribution in [2.45, 2.75) is 27.2 Å². The molecule has 0 aliphatic carbocycles. The van der Waals surface area contributed by atoms with Crippen LogP contribution in [0.4, 0.5) is 11.4 Å². The van der Waals surface area contributed by atoms with Crippen LogP contribution in [0.25, 0.3) is 0 Å². The number of hydrogen-bond donors (Lipinski definition) is 1. The van der Waals surface area contributed by atoms with E-state index in [2.05, 4.69) is 24.1 Å². The molecular formula is C22H28N2O3. The molecule has 5 nitrogen and oxygen atoms in total. The third-order valence-corrected chi connectivity index (χ3v) is 4.43. The molecule has 2 rings (SSSR count). The average molecular weight is 368 g/mol. The van der Waals surface area contributed by atoms with Gasteiger partial charge in [-0.1, -0.05) is 30.3 Å². The van der Waals surface area contributed by atoms with E-state index >= 15 is 0 Å². The number of benzene rings is 2. The second-order valence-electron chi connectivity index (χ2n) is 6.20. The van der Waals surface area contributed by atoms with Gasteiger partial charge in [0.2, 0.25) is 5.91 Å². The lowest BCUT2D eigenvalue weighted by molar-refractivity contribution is -0.150. The van der Waals surface area contributed by atoms with Crippen molar-refractivity contribution in [2.24, 2.45) is 5.92 Å². The van der Waals surface area contributed by atoms with E-state index in [1.54, 1.807) is 6.92 Å². The smallest absolute Gasteiger partial charge is 0.318 e. The first kappa shape index (κ1) is 20.5. The first-order valence-electron chi connectivity index (χ1n) is 9.45. The minimum Gasteiger partial charge on any atom is -0.465 e. The highest BCUT2D eigenvalue weighted by atomic mass is 16.5. The Hall–Kier alpha value is -2.82. The molecule has 1 atom stereocenters. The standard InChI is InChI=1S/C22H28N2O3/c1-4-24(5-2)19-14-12-18(13-15-19)23-21(25)20(22(26)27-6-3)16-17-10-8-7-9-11-17/h7-15,20H,4-6,16H2,1-3H3,(H,23,25)/t20-/m0/s1. The summed E-state index contributed by atoms with van der Waals surface area (Å²) in [6.07, 6.45) is 0.309. The Balaban J connectivity index is 2.11. The number of rotatable bonds is 9. The van der Waals surface area contributed by atoms with Crippen LogP contribution in [0.1, 0.15) is 26.3 Å². The maximum Gasteiger partial charge on any atom is 0.318 e. The molecule has 0 heterocycles. The van der Waals surface area contributed by atoms with Crippen LogP contribution in [-0.2, 0) is 20.7 Å². The zero-order valence-electron chi connectivity index (χ0n) is 16.3. The Kier molecular flexibility index (Phi) is 7.86. The van der Waals surface area contributed by atoms with Crippen LogP contribution < -0.4 is 10.2 Å². The van der Waals surface area contributed by atoms with Crippen molar-refractivity contribution in [3.05, 3.63) is 60.2 Å². The zero-order valence-corrected chi connectivity index (χ0v) is 16.3. The Morgan fingerprint density at radius 1 is 0.963 bits per heavy atom. The van der Waals surface area contributed by atoms with E-state index in [1.165, 1.54) is 0 Å². The zero-order chi connectivity index (χ0) is 19.6. The van der Waals surface area contributed by atoms with Gasteiger partial charge in [0.25, 0.3) is 0 Å². The SMILES string of the molecule is CCOC(=O)[C@@H](Cc1ccccc1)C(=O)Nc1ccc(N(CC)CC)cc1. The van der Waals surface area contributed by atoms with Gasteiger partial charge in [-0.3, -0.25) is 9.59 Å². The van der Waals surface area contributed by atoms with Crippen molar-refractivity contribution in [3.63, 3.8) is 0 Å². The van der Waals surface area contributed by atoms with Gasteiger partial charge in [-0.25, -0.2) is 0 Å². The Labute approximate surface area is 161 Å². The summed E-state index contributed by atoms with van der Waals surface area (Å²) in [5.74, 6) is -1.73. The van der Waals surface area contributed by atoms with Gasteiger partial charge in [0.15, 0.2) is 0 Å². The van der Waals surface area contributed by atoms with Gasteiger partial charge in [0.1, 0.15) is 5.92 Å². The number of hydrogen-bond acceptors (Lipinski definition) is 4. The molecule has 5 heteroatoms. The molecule has 0 bridgehead atoms. The lowest BCUT2D eigenvalue weighted by atomic mass is 9.98. The molecule has 0 radical (unpaired) electrons. The van der Waals surface area contributed by atoms with E-state index in [0.29, 0.717) is 12.1 Å². The van der Waals surface area contributed by atoms with Gasteiger partial charge < -0.3 is 15.0 Å². The van der Waals surface area contributed by atoms with Crippen LogP contribution in [-0.4, -0.2) is 31.6 Å². The number of nitrogens with zero attached hydrogens (tertiary/aromatic N) is 1. The number of carbonyl (C=O) groups is 2. The number of anilines is 2. The van der Waals surface area contributed by atoms with Crippen molar-refractivity contribution in [2.75, 3.05) is 29.9 Å². The van der Waals surface area contributed by atoms with Gasteiger partial charge in [-0.2, -0.15) is 0 Å². The van der Waals surface area contributed by atoms with Gasteiger partial charge >= 0.3 is 5.97 Å². The highest BCUT2D eigenvalue weighted by Gasteiger charge is 2.28. The molecule has 0 aliphatic heterocycles. The van der Waals surface area contributed by atoms with Crippen LogP contribution in [0.3, 0.4) is 0 Å². The van der Waals surface area contributed by atoms with Crippen molar-refractivity contribution in [1.29, 1.82) is 0 Å². The topological polar surface area (TPSA) is 58.6 Å². The number of carbonyl (C=O) groups excluding carboxylic acids is 2. The number of nitrogens with one attached hydrogen (secondary N) is 1. The van der Waals surface area contributed by atoms with Gasteiger partial charge in [0.05, 0.1) is 6.61 Å². The summed E-state index contributed by atoms with van der Waals surface area (Å²) in [5.41, 5.74) is 2.69. The van der Waals surface area contributed by atoms with E-state index in [4.69, 9.17) is 4.74 Å². The van der Waals surface area contributed by atoms with Crippen LogP contribution in [0.5, 0.6) is 0 Å². The second-order valence-corrected chi connectivity index (χ2v) is 6.20. The maximum atomic E-state index is 12.7. The summed E-state index contributed by atoms with van der Waals surface area (Å²) >= 11 is 0. The molecule has 2 aromatic rings. The third kappa shape index (κ3) is 5.84. The summed E-state index contributed by atoms with van der Waals surface area (Å²) in [6.45, 7) is 8.03. The highest BCUT2D eigenvalue weighted by molar-refractivity contribution is 6.05. The molecule has 0 saturated heterocycles. The number of esters is 1. The predicted octanol–water partition coefficient (Wildman–Crippen LogP) is 3.89. The molecule has 2 aromatic carbocycles. The molecule has 1 N–H and O–H groups in total. The van der Waals surface area contributed by atoms with Crippen LogP contribution in [0.2, 0.25) is 0 Å². The predicted molar refractivity (Wildman–Crippen MR) is 109 cm³/mol. The maximum absolute atomic E-state index is 12.7. The Morgan fingerprint density at radius 2 is 1.59 bits per heavy atom. The largest absolute Gasteiger partial charge is 0.465 e. The normalized spacial score (nSPS) is 11.5. The summed E-state index contributed by atoms with van der Waals surface area (Å²) < 4.78 is 5.11. The summed E-state index contributed by atoms with van der Waals surface area (Å²) in [6, 6.07) is 17.1. The minimum atomic E-state index is -0.880. The first-order valence-corrected chi connectivity index (χ1v) is 9.45. The average Bonchev–Trinajstić information content (AvgIpc) is 2.69. The molecule has 144 valence electrons. The second kappa shape index (κ2) is 10.4. The van der Waals surface area contributed by atoms with Crippen molar-refractivity contribution in [3.8, 4) is 0 Å². The van der Waals surface area contributed by atoms with Gasteiger partial charge in [-0.05, 0) is 57.0 Å². The molecule has 27 heavy (non-hydrogen) atoms. The monoisotopic (exact) mass is 368 g/mol. The van der Waals surface area contributed by atoms with Gasteiger partial charge in [0, 0.05) is 24.5 Å². The van der Waals surface area contributed by atoms with E-state index in [1.807, 2.05) is 54.6 Å². The fraction of sp³-hybridized carbons (Fsp3) is 0.364. The summed E-state index contributed by atoms with van der Waals surface area (Å²) in [7, 11) is 0. The van der Waals surface area contributed by atoms with E-state index in [-0.39, 0.29) is 12.5 Å². The lowest BCUT2D eigenvalue weighted by Gasteiger charge is -2.21. The third-order valence-electron chi connectivity index (χ3n) is 4.43. The van der Waals surface area contributed by atoms with Crippen LogP contribution in [0.15, 0.2) is 54.6 Å². The number of amides is 1. The molecule has 0 saturated carbocycles. The van der Waals surface area contributed by atoms with E-state index < -0.39 is 11.9 Å². The first-order chi connectivity index (χ1) is 13.1.